The highest BCUT2D eigenvalue weighted by Crippen LogP contribution is 2.30. The molecule has 1 aliphatic heterocycles. The van der Waals surface area contributed by atoms with Crippen molar-refractivity contribution in [3.8, 4) is 0 Å². The smallest absolute Gasteiger partial charge is 0.243 e. The zero-order valence-electron chi connectivity index (χ0n) is 14.1. The molecular weight excluding hydrogens is 284 g/mol. The first-order valence-electron chi connectivity index (χ1n) is 8.27. The molecule has 1 heterocycles. The van der Waals surface area contributed by atoms with Crippen LogP contribution in [0.15, 0.2) is 42.5 Å². The van der Waals surface area contributed by atoms with E-state index in [-0.39, 0.29) is 5.91 Å². The maximum atomic E-state index is 12.6. The number of amides is 1. The first kappa shape index (κ1) is 15.6. The zero-order chi connectivity index (χ0) is 16.4. The van der Waals surface area contributed by atoms with Crippen LogP contribution in [0.1, 0.15) is 30.0 Å². The SMILES string of the molecule is Cc1cccc(C)c1NC(=O)CN1c2ccccc2CC[C@H]1C. The lowest BCUT2D eigenvalue weighted by Gasteiger charge is -2.36. The minimum atomic E-state index is 0.0472. The van der Waals surface area contributed by atoms with E-state index in [1.807, 2.05) is 38.1 Å². The van der Waals surface area contributed by atoms with E-state index in [0.717, 1.165) is 29.7 Å². The second kappa shape index (κ2) is 6.45. The Labute approximate surface area is 138 Å². The molecule has 2 aromatic carbocycles. The topological polar surface area (TPSA) is 32.3 Å². The van der Waals surface area contributed by atoms with Gasteiger partial charge in [0.2, 0.25) is 5.91 Å². The standard InChI is InChI=1S/C20H24N2O/c1-14-7-6-8-15(2)20(14)21-19(23)13-22-16(3)11-12-17-9-4-5-10-18(17)22/h4-10,16H,11-13H2,1-3H3,(H,21,23)/t16-/m1/s1. The van der Waals surface area contributed by atoms with Crippen molar-refractivity contribution in [1.82, 2.24) is 0 Å². The lowest BCUT2D eigenvalue weighted by molar-refractivity contribution is -0.115. The summed E-state index contributed by atoms with van der Waals surface area (Å²) in [6, 6.07) is 14.9. The van der Waals surface area contributed by atoms with E-state index in [9.17, 15) is 4.79 Å². The number of nitrogens with zero attached hydrogens (tertiary/aromatic N) is 1. The molecular formula is C20H24N2O. The maximum Gasteiger partial charge on any atom is 0.243 e. The minimum absolute atomic E-state index is 0.0472. The number of anilines is 2. The molecule has 1 amide bonds. The molecule has 3 nitrogen and oxygen atoms in total. The number of fused-ring (bicyclic) bond motifs is 1. The van der Waals surface area contributed by atoms with Crippen molar-refractivity contribution < 1.29 is 4.79 Å². The fourth-order valence-electron chi connectivity index (χ4n) is 3.35. The first-order chi connectivity index (χ1) is 11.1. The lowest BCUT2D eigenvalue weighted by atomic mass is 9.96. The van der Waals surface area contributed by atoms with Crippen LogP contribution >= 0.6 is 0 Å². The Morgan fingerprint density at radius 3 is 2.57 bits per heavy atom. The second-order valence-electron chi connectivity index (χ2n) is 6.46. The number of rotatable bonds is 3. The van der Waals surface area contributed by atoms with E-state index in [1.54, 1.807) is 0 Å². The second-order valence-corrected chi connectivity index (χ2v) is 6.46. The van der Waals surface area contributed by atoms with Crippen LogP contribution in [-0.4, -0.2) is 18.5 Å². The Hall–Kier alpha value is -2.29. The van der Waals surface area contributed by atoms with Gasteiger partial charge in [0.05, 0.1) is 6.54 Å². The van der Waals surface area contributed by atoms with Crippen LogP contribution in [0.25, 0.3) is 0 Å². The summed E-state index contributed by atoms with van der Waals surface area (Å²) in [5.41, 5.74) is 5.68. The molecule has 1 atom stereocenters. The summed E-state index contributed by atoms with van der Waals surface area (Å²) in [5.74, 6) is 0.0472. The molecule has 1 aliphatic rings. The van der Waals surface area contributed by atoms with Gasteiger partial charge in [0, 0.05) is 17.4 Å². The number of para-hydroxylation sites is 2. The van der Waals surface area contributed by atoms with Crippen LogP contribution in [0.3, 0.4) is 0 Å². The summed E-state index contributed by atoms with van der Waals surface area (Å²) in [6.45, 7) is 6.65. The minimum Gasteiger partial charge on any atom is -0.359 e. The summed E-state index contributed by atoms with van der Waals surface area (Å²) < 4.78 is 0. The van der Waals surface area contributed by atoms with Gasteiger partial charge in [0.25, 0.3) is 0 Å². The molecule has 0 fully saturated rings. The molecule has 0 saturated heterocycles. The highest BCUT2D eigenvalue weighted by molar-refractivity contribution is 5.95. The molecule has 0 unspecified atom stereocenters. The van der Waals surface area contributed by atoms with E-state index in [1.165, 1.54) is 11.3 Å². The number of carbonyl (C=O) groups excluding carboxylic acids is 1. The number of hydrogen-bond donors (Lipinski definition) is 1. The Kier molecular flexibility index (Phi) is 4.37. The number of carbonyl (C=O) groups is 1. The Balaban J connectivity index is 1.78. The lowest BCUT2D eigenvalue weighted by Crippen LogP contribution is -2.42. The van der Waals surface area contributed by atoms with Gasteiger partial charge in [-0.2, -0.15) is 0 Å². The molecule has 3 rings (SSSR count). The number of hydrogen-bond acceptors (Lipinski definition) is 2. The quantitative estimate of drug-likeness (QED) is 0.926. The van der Waals surface area contributed by atoms with Gasteiger partial charge in [-0.05, 0) is 56.4 Å². The average molecular weight is 308 g/mol. The van der Waals surface area contributed by atoms with E-state index in [0.29, 0.717) is 12.6 Å². The monoisotopic (exact) mass is 308 g/mol. The van der Waals surface area contributed by atoms with Gasteiger partial charge in [-0.15, -0.1) is 0 Å². The molecule has 3 heteroatoms. The largest absolute Gasteiger partial charge is 0.359 e. The van der Waals surface area contributed by atoms with Crippen molar-refractivity contribution >= 4 is 17.3 Å². The predicted octanol–water partition coefficient (Wildman–Crippen LogP) is 4.08. The van der Waals surface area contributed by atoms with Crippen molar-refractivity contribution in [2.24, 2.45) is 0 Å². The first-order valence-corrected chi connectivity index (χ1v) is 8.27. The Bertz CT molecular complexity index is 703. The summed E-state index contributed by atoms with van der Waals surface area (Å²) in [7, 11) is 0. The normalized spacial score (nSPS) is 16.8. The molecule has 1 N–H and O–H groups in total. The van der Waals surface area contributed by atoms with Gasteiger partial charge < -0.3 is 10.2 Å². The highest BCUT2D eigenvalue weighted by Gasteiger charge is 2.24. The number of aryl methyl sites for hydroxylation is 3. The zero-order valence-corrected chi connectivity index (χ0v) is 14.1. The van der Waals surface area contributed by atoms with E-state index in [4.69, 9.17) is 0 Å². The van der Waals surface area contributed by atoms with Gasteiger partial charge in [-0.1, -0.05) is 36.4 Å². The van der Waals surface area contributed by atoms with Crippen molar-refractivity contribution in [3.63, 3.8) is 0 Å². The Morgan fingerprint density at radius 1 is 1.13 bits per heavy atom. The average Bonchev–Trinajstić information content (AvgIpc) is 2.54. The van der Waals surface area contributed by atoms with Crippen LogP contribution in [-0.2, 0) is 11.2 Å². The summed E-state index contributed by atoms with van der Waals surface area (Å²) in [4.78, 5) is 14.8. The van der Waals surface area contributed by atoms with Gasteiger partial charge in [0.1, 0.15) is 0 Å². The molecule has 2 aromatic rings. The fourth-order valence-corrected chi connectivity index (χ4v) is 3.35. The molecule has 23 heavy (non-hydrogen) atoms. The summed E-state index contributed by atoms with van der Waals surface area (Å²) >= 11 is 0. The summed E-state index contributed by atoms with van der Waals surface area (Å²) in [5, 5.41) is 3.10. The van der Waals surface area contributed by atoms with Crippen molar-refractivity contribution in [2.75, 3.05) is 16.8 Å². The van der Waals surface area contributed by atoms with E-state index >= 15 is 0 Å². The van der Waals surface area contributed by atoms with Gasteiger partial charge in [0.15, 0.2) is 0 Å². The third-order valence-corrected chi connectivity index (χ3v) is 4.72. The third-order valence-electron chi connectivity index (χ3n) is 4.72. The molecule has 0 aromatic heterocycles. The molecule has 0 saturated carbocycles. The summed E-state index contributed by atoms with van der Waals surface area (Å²) in [6.07, 6.45) is 2.18. The van der Waals surface area contributed by atoms with Gasteiger partial charge in [-0.25, -0.2) is 0 Å². The van der Waals surface area contributed by atoms with Crippen molar-refractivity contribution in [3.05, 3.63) is 59.2 Å². The van der Waals surface area contributed by atoms with Crippen molar-refractivity contribution in [1.29, 1.82) is 0 Å². The number of nitrogens with one attached hydrogen (secondary N) is 1. The van der Waals surface area contributed by atoms with Crippen LogP contribution in [0, 0.1) is 13.8 Å². The predicted molar refractivity (Wildman–Crippen MR) is 96.1 cm³/mol. The molecule has 0 bridgehead atoms. The van der Waals surface area contributed by atoms with Crippen LogP contribution in [0.2, 0.25) is 0 Å². The van der Waals surface area contributed by atoms with Gasteiger partial charge in [-0.3, -0.25) is 4.79 Å². The molecule has 120 valence electrons. The van der Waals surface area contributed by atoms with Crippen molar-refractivity contribution in [2.45, 2.75) is 39.7 Å². The van der Waals surface area contributed by atoms with Crippen LogP contribution in [0.4, 0.5) is 11.4 Å². The maximum absolute atomic E-state index is 12.6. The number of benzene rings is 2. The van der Waals surface area contributed by atoms with Crippen LogP contribution < -0.4 is 10.2 Å². The molecule has 0 aliphatic carbocycles. The third kappa shape index (κ3) is 3.24. The van der Waals surface area contributed by atoms with E-state index in [2.05, 4.69) is 35.3 Å². The molecule has 0 spiro atoms. The fraction of sp³-hybridized carbons (Fsp3) is 0.350. The van der Waals surface area contributed by atoms with Gasteiger partial charge >= 0.3 is 0 Å². The highest BCUT2D eigenvalue weighted by atomic mass is 16.2. The van der Waals surface area contributed by atoms with E-state index < -0.39 is 0 Å². The molecule has 0 radical (unpaired) electrons. The Morgan fingerprint density at radius 2 is 1.83 bits per heavy atom. The van der Waals surface area contributed by atoms with Crippen LogP contribution in [0.5, 0.6) is 0 Å².